The maximum absolute atomic E-state index is 12.3. The molecule has 0 bridgehead atoms. The van der Waals surface area contributed by atoms with Gasteiger partial charge in [-0.05, 0) is 12.8 Å². The molecule has 1 saturated heterocycles. The third-order valence-electron chi connectivity index (χ3n) is 3.72. The smallest absolute Gasteiger partial charge is 0.326 e. The Morgan fingerprint density at radius 1 is 1.32 bits per heavy atom. The van der Waals surface area contributed by atoms with E-state index in [1.54, 1.807) is 31.2 Å². The number of carboxylic acid groups (broad SMARTS) is 1. The lowest BCUT2D eigenvalue weighted by Crippen LogP contribution is -2.43. The fourth-order valence-corrected chi connectivity index (χ4v) is 3.35. The van der Waals surface area contributed by atoms with Crippen LogP contribution in [0, 0.1) is 5.92 Å². The molecule has 0 spiro atoms. The summed E-state index contributed by atoms with van der Waals surface area (Å²) in [5.74, 6) is -1.16. The Bertz CT molecular complexity index is 561. The zero-order chi connectivity index (χ0) is 16.1. The first-order chi connectivity index (χ1) is 10.5. The third kappa shape index (κ3) is 3.88. The summed E-state index contributed by atoms with van der Waals surface area (Å²) in [6.07, 6.45) is 1.22. The van der Waals surface area contributed by atoms with Gasteiger partial charge in [-0.15, -0.1) is 0 Å². The van der Waals surface area contributed by atoms with E-state index in [9.17, 15) is 14.4 Å². The van der Waals surface area contributed by atoms with Gasteiger partial charge in [-0.1, -0.05) is 49.0 Å². The van der Waals surface area contributed by atoms with Crippen LogP contribution in [0.1, 0.15) is 30.1 Å². The number of rotatable bonds is 5. The van der Waals surface area contributed by atoms with Crippen molar-refractivity contribution < 1.29 is 19.5 Å². The van der Waals surface area contributed by atoms with Crippen molar-refractivity contribution in [2.24, 2.45) is 5.92 Å². The van der Waals surface area contributed by atoms with Crippen LogP contribution in [0.5, 0.6) is 0 Å². The quantitative estimate of drug-likeness (QED) is 0.900. The topological polar surface area (TPSA) is 74.7 Å². The van der Waals surface area contributed by atoms with E-state index < -0.39 is 12.0 Å². The average Bonchev–Trinajstić information content (AvgIpc) is 3.02. The van der Waals surface area contributed by atoms with Gasteiger partial charge in [0.25, 0.3) is 0 Å². The molecule has 1 aromatic carbocycles. The lowest BCUT2D eigenvalue weighted by molar-refractivity contribution is -0.149. The molecule has 118 valence electrons. The summed E-state index contributed by atoms with van der Waals surface area (Å²) < 4.78 is 0. The van der Waals surface area contributed by atoms with Crippen molar-refractivity contribution in [2.75, 3.05) is 12.3 Å². The normalized spacial score (nSPS) is 19.0. The van der Waals surface area contributed by atoms with Crippen molar-refractivity contribution in [2.45, 2.75) is 25.8 Å². The second-order valence-electron chi connectivity index (χ2n) is 5.39. The molecule has 0 saturated carbocycles. The number of carbonyl (C=O) groups is 3. The molecule has 1 heterocycles. The predicted molar refractivity (Wildman–Crippen MR) is 84.8 cm³/mol. The summed E-state index contributed by atoms with van der Waals surface area (Å²) >= 11 is 1.10. The molecule has 1 N–H and O–H groups in total. The third-order valence-corrected chi connectivity index (χ3v) is 4.88. The zero-order valence-electron chi connectivity index (χ0n) is 12.4. The molecule has 22 heavy (non-hydrogen) atoms. The van der Waals surface area contributed by atoms with Crippen molar-refractivity contribution in [3.63, 3.8) is 0 Å². The Kier molecular flexibility index (Phi) is 5.60. The lowest BCUT2D eigenvalue weighted by atomic mass is 10.1. The Labute approximate surface area is 133 Å². The molecule has 1 amide bonds. The number of benzene rings is 1. The fraction of sp³-hybridized carbons (Fsp3) is 0.438. The van der Waals surface area contributed by atoms with E-state index in [0.29, 0.717) is 30.7 Å². The summed E-state index contributed by atoms with van der Waals surface area (Å²) in [4.78, 5) is 36.9. The molecule has 2 rings (SSSR count). The van der Waals surface area contributed by atoms with Crippen LogP contribution in [0.25, 0.3) is 0 Å². The van der Waals surface area contributed by atoms with Crippen molar-refractivity contribution in [1.29, 1.82) is 0 Å². The highest BCUT2D eigenvalue weighted by Gasteiger charge is 2.35. The molecule has 1 fully saturated rings. The van der Waals surface area contributed by atoms with Crippen LogP contribution in [0.15, 0.2) is 30.3 Å². The number of nitrogens with zero attached hydrogens (tertiary/aromatic N) is 1. The first-order valence-corrected chi connectivity index (χ1v) is 8.24. The molecule has 0 radical (unpaired) electrons. The number of amides is 1. The molecular weight excluding hydrogens is 302 g/mol. The van der Waals surface area contributed by atoms with Gasteiger partial charge in [-0.25, -0.2) is 4.79 Å². The number of hydrogen-bond acceptors (Lipinski definition) is 4. The van der Waals surface area contributed by atoms with Crippen LogP contribution in [-0.4, -0.2) is 45.3 Å². The SMILES string of the molecule is CC(CSC(=O)c1ccccc1)C(=O)N1CCC[C@H]1C(=O)O. The van der Waals surface area contributed by atoms with Gasteiger partial charge in [0.1, 0.15) is 6.04 Å². The summed E-state index contributed by atoms with van der Waals surface area (Å²) in [5, 5.41) is 9.06. The minimum absolute atomic E-state index is 0.0727. The molecular formula is C16H19NO4S. The molecule has 0 aliphatic carbocycles. The van der Waals surface area contributed by atoms with E-state index in [1.165, 1.54) is 4.90 Å². The van der Waals surface area contributed by atoms with E-state index in [-0.39, 0.29) is 16.9 Å². The highest BCUT2D eigenvalue weighted by Crippen LogP contribution is 2.22. The molecule has 5 nitrogen and oxygen atoms in total. The van der Waals surface area contributed by atoms with Gasteiger partial charge < -0.3 is 10.0 Å². The van der Waals surface area contributed by atoms with Crippen LogP contribution in [0.3, 0.4) is 0 Å². The van der Waals surface area contributed by atoms with Crippen LogP contribution in [-0.2, 0) is 9.59 Å². The van der Waals surface area contributed by atoms with E-state index in [2.05, 4.69) is 0 Å². The minimum atomic E-state index is -0.953. The van der Waals surface area contributed by atoms with E-state index >= 15 is 0 Å². The van der Waals surface area contributed by atoms with Crippen molar-refractivity contribution in [3.05, 3.63) is 35.9 Å². The van der Waals surface area contributed by atoms with Gasteiger partial charge in [0.2, 0.25) is 11.0 Å². The monoisotopic (exact) mass is 321 g/mol. The molecule has 6 heteroatoms. The second kappa shape index (κ2) is 7.45. The summed E-state index contributed by atoms with van der Waals surface area (Å²) in [5.41, 5.74) is 0.608. The number of carbonyl (C=O) groups excluding carboxylic acids is 2. The standard InChI is InChI=1S/C16H19NO4S/c1-11(10-22-16(21)12-6-3-2-4-7-12)14(18)17-9-5-8-13(17)15(19)20/h2-4,6-7,11,13H,5,8-10H2,1H3,(H,19,20)/t11?,13-/m0/s1. The van der Waals surface area contributed by atoms with Gasteiger partial charge in [0, 0.05) is 23.8 Å². The minimum Gasteiger partial charge on any atom is -0.480 e. The number of thioether (sulfide) groups is 1. The highest BCUT2D eigenvalue weighted by molar-refractivity contribution is 8.14. The molecule has 0 aromatic heterocycles. The van der Waals surface area contributed by atoms with Gasteiger partial charge >= 0.3 is 5.97 Å². The largest absolute Gasteiger partial charge is 0.480 e. The number of hydrogen-bond donors (Lipinski definition) is 1. The molecule has 1 aromatic rings. The number of carboxylic acids is 1. The van der Waals surface area contributed by atoms with Crippen LogP contribution < -0.4 is 0 Å². The Balaban J connectivity index is 1.89. The van der Waals surface area contributed by atoms with Crippen molar-refractivity contribution in [1.82, 2.24) is 4.90 Å². The Morgan fingerprint density at radius 3 is 2.64 bits per heavy atom. The van der Waals surface area contributed by atoms with Crippen LogP contribution in [0.2, 0.25) is 0 Å². The fourth-order valence-electron chi connectivity index (χ4n) is 2.50. The zero-order valence-corrected chi connectivity index (χ0v) is 13.2. The molecule has 1 unspecified atom stereocenters. The maximum atomic E-state index is 12.3. The predicted octanol–water partition coefficient (Wildman–Crippen LogP) is 2.27. The van der Waals surface area contributed by atoms with Gasteiger partial charge in [-0.3, -0.25) is 9.59 Å². The van der Waals surface area contributed by atoms with Gasteiger partial charge in [-0.2, -0.15) is 0 Å². The maximum Gasteiger partial charge on any atom is 0.326 e. The van der Waals surface area contributed by atoms with Crippen molar-refractivity contribution in [3.8, 4) is 0 Å². The first kappa shape index (κ1) is 16.5. The Morgan fingerprint density at radius 2 is 2.00 bits per heavy atom. The van der Waals surface area contributed by atoms with Crippen LogP contribution >= 0.6 is 11.8 Å². The average molecular weight is 321 g/mol. The van der Waals surface area contributed by atoms with E-state index in [1.807, 2.05) is 6.07 Å². The molecule has 1 aliphatic heterocycles. The van der Waals surface area contributed by atoms with Crippen molar-refractivity contribution >= 4 is 28.8 Å². The van der Waals surface area contributed by atoms with E-state index in [0.717, 1.165) is 11.8 Å². The Hall–Kier alpha value is -1.82. The number of aliphatic carboxylic acids is 1. The second-order valence-corrected chi connectivity index (χ2v) is 6.39. The summed E-state index contributed by atoms with van der Waals surface area (Å²) in [6, 6.07) is 8.19. The highest BCUT2D eigenvalue weighted by atomic mass is 32.2. The van der Waals surface area contributed by atoms with E-state index in [4.69, 9.17) is 5.11 Å². The number of likely N-dealkylation sites (tertiary alicyclic amines) is 1. The van der Waals surface area contributed by atoms with Gasteiger partial charge in [0.15, 0.2) is 0 Å². The summed E-state index contributed by atoms with van der Waals surface area (Å²) in [7, 11) is 0. The summed E-state index contributed by atoms with van der Waals surface area (Å²) in [6.45, 7) is 2.22. The first-order valence-electron chi connectivity index (χ1n) is 7.26. The molecule has 2 atom stereocenters. The van der Waals surface area contributed by atoms with Gasteiger partial charge in [0.05, 0.1) is 0 Å². The van der Waals surface area contributed by atoms with Crippen LogP contribution in [0.4, 0.5) is 0 Å². The lowest BCUT2D eigenvalue weighted by Gasteiger charge is -2.24. The molecule has 1 aliphatic rings.